The lowest BCUT2D eigenvalue weighted by atomic mass is 9.93. The van der Waals surface area contributed by atoms with Crippen molar-refractivity contribution in [2.45, 2.75) is 58.1 Å². The third-order valence-electron chi connectivity index (χ3n) is 5.52. The van der Waals surface area contributed by atoms with Gasteiger partial charge in [0.2, 0.25) is 5.89 Å². The average Bonchev–Trinajstić information content (AvgIpc) is 3.03. The summed E-state index contributed by atoms with van der Waals surface area (Å²) in [5.41, 5.74) is 3.50. The first kappa shape index (κ1) is 16.7. The minimum atomic E-state index is 0.0531. The lowest BCUT2D eigenvalue weighted by Gasteiger charge is -2.21. The molecule has 3 unspecified atom stereocenters. The van der Waals surface area contributed by atoms with Gasteiger partial charge in [-0.3, -0.25) is 4.68 Å². The SMILES string of the molecule is Cc1nn(C)c(C)c1C1OCCC1CNC(C)c1nc(C2CC2)no1. The molecule has 2 aromatic heterocycles. The van der Waals surface area contributed by atoms with E-state index in [-0.39, 0.29) is 12.1 Å². The van der Waals surface area contributed by atoms with Crippen LogP contribution < -0.4 is 5.32 Å². The average molecular weight is 345 g/mol. The molecule has 2 fully saturated rings. The first-order valence-corrected chi connectivity index (χ1v) is 9.23. The second kappa shape index (κ2) is 6.53. The van der Waals surface area contributed by atoms with Crippen molar-refractivity contribution in [2.75, 3.05) is 13.2 Å². The zero-order valence-electron chi connectivity index (χ0n) is 15.5. The molecule has 1 aliphatic carbocycles. The van der Waals surface area contributed by atoms with Crippen LogP contribution in [0.4, 0.5) is 0 Å². The zero-order chi connectivity index (χ0) is 17.6. The highest BCUT2D eigenvalue weighted by Gasteiger charge is 2.34. The quantitative estimate of drug-likeness (QED) is 0.867. The molecule has 0 amide bonds. The number of aromatic nitrogens is 4. The third kappa shape index (κ3) is 3.22. The molecule has 7 nitrogen and oxygen atoms in total. The monoisotopic (exact) mass is 345 g/mol. The second-order valence-corrected chi connectivity index (χ2v) is 7.44. The van der Waals surface area contributed by atoms with Crippen LogP contribution in [0.3, 0.4) is 0 Å². The maximum atomic E-state index is 6.06. The summed E-state index contributed by atoms with van der Waals surface area (Å²) in [6.07, 6.45) is 3.53. The van der Waals surface area contributed by atoms with Crippen molar-refractivity contribution in [2.24, 2.45) is 13.0 Å². The van der Waals surface area contributed by atoms with Crippen molar-refractivity contribution in [3.05, 3.63) is 28.7 Å². The molecule has 0 aromatic carbocycles. The van der Waals surface area contributed by atoms with Crippen LogP contribution in [0.15, 0.2) is 4.52 Å². The molecule has 0 radical (unpaired) electrons. The van der Waals surface area contributed by atoms with Crippen LogP contribution in [-0.2, 0) is 11.8 Å². The predicted molar refractivity (Wildman–Crippen MR) is 92.2 cm³/mol. The molecule has 2 aliphatic rings. The predicted octanol–water partition coefficient (Wildman–Crippen LogP) is 2.73. The highest BCUT2D eigenvalue weighted by molar-refractivity contribution is 5.28. The summed E-state index contributed by atoms with van der Waals surface area (Å²) in [4.78, 5) is 4.54. The van der Waals surface area contributed by atoms with Crippen LogP contribution in [0, 0.1) is 19.8 Å². The summed E-state index contributed by atoms with van der Waals surface area (Å²) in [5, 5.41) is 12.2. The Labute approximate surface area is 148 Å². The fourth-order valence-electron chi connectivity index (χ4n) is 3.71. The fraction of sp³-hybridized carbons (Fsp3) is 0.722. The zero-order valence-corrected chi connectivity index (χ0v) is 15.5. The van der Waals surface area contributed by atoms with E-state index >= 15 is 0 Å². The molecule has 7 heteroatoms. The highest BCUT2D eigenvalue weighted by Crippen LogP contribution is 2.39. The van der Waals surface area contributed by atoms with Crippen molar-refractivity contribution in [3.63, 3.8) is 0 Å². The molecular formula is C18H27N5O2. The van der Waals surface area contributed by atoms with Gasteiger partial charge in [-0.05, 0) is 40.0 Å². The lowest BCUT2D eigenvalue weighted by Crippen LogP contribution is -2.28. The molecule has 1 saturated carbocycles. The molecule has 3 heterocycles. The van der Waals surface area contributed by atoms with Gasteiger partial charge < -0.3 is 14.6 Å². The maximum Gasteiger partial charge on any atom is 0.243 e. The molecule has 1 aliphatic heterocycles. The topological polar surface area (TPSA) is 78.0 Å². The Morgan fingerprint density at radius 3 is 2.76 bits per heavy atom. The van der Waals surface area contributed by atoms with Crippen LogP contribution >= 0.6 is 0 Å². The van der Waals surface area contributed by atoms with Gasteiger partial charge in [-0.1, -0.05) is 5.16 Å². The van der Waals surface area contributed by atoms with E-state index < -0.39 is 0 Å². The normalized spacial score (nSPS) is 24.8. The van der Waals surface area contributed by atoms with Crippen LogP contribution in [0.25, 0.3) is 0 Å². The van der Waals surface area contributed by atoms with Gasteiger partial charge >= 0.3 is 0 Å². The number of nitrogens with zero attached hydrogens (tertiary/aromatic N) is 4. The number of nitrogens with one attached hydrogen (secondary N) is 1. The van der Waals surface area contributed by atoms with Crippen molar-refractivity contribution < 1.29 is 9.26 Å². The van der Waals surface area contributed by atoms with E-state index in [9.17, 15) is 0 Å². The molecule has 1 saturated heterocycles. The Morgan fingerprint density at radius 1 is 1.28 bits per heavy atom. The molecule has 3 atom stereocenters. The van der Waals surface area contributed by atoms with E-state index in [2.05, 4.69) is 41.3 Å². The number of rotatable bonds is 6. The Balaban J connectivity index is 1.40. The molecule has 136 valence electrons. The largest absolute Gasteiger partial charge is 0.373 e. The first-order valence-electron chi connectivity index (χ1n) is 9.23. The van der Waals surface area contributed by atoms with E-state index in [1.54, 1.807) is 0 Å². The maximum absolute atomic E-state index is 6.06. The Morgan fingerprint density at radius 2 is 2.08 bits per heavy atom. The van der Waals surface area contributed by atoms with Crippen LogP contribution in [0.1, 0.15) is 72.9 Å². The van der Waals surface area contributed by atoms with E-state index in [1.807, 2.05) is 11.7 Å². The van der Waals surface area contributed by atoms with Gasteiger partial charge in [0.25, 0.3) is 0 Å². The van der Waals surface area contributed by atoms with Crippen LogP contribution in [-0.4, -0.2) is 33.1 Å². The third-order valence-corrected chi connectivity index (χ3v) is 5.52. The number of aryl methyl sites for hydroxylation is 2. The summed E-state index contributed by atoms with van der Waals surface area (Å²) < 4.78 is 13.4. The van der Waals surface area contributed by atoms with Crippen LogP contribution in [0.2, 0.25) is 0 Å². The van der Waals surface area contributed by atoms with Gasteiger partial charge in [0.1, 0.15) is 0 Å². The Bertz CT molecular complexity index is 749. The van der Waals surface area contributed by atoms with Gasteiger partial charge in [0.05, 0.1) is 17.8 Å². The van der Waals surface area contributed by atoms with Gasteiger partial charge in [0.15, 0.2) is 5.82 Å². The summed E-state index contributed by atoms with van der Waals surface area (Å²) in [6.45, 7) is 7.92. The Kier molecular flexibility index (Phi) is 4.37. The summed E-state index contributed by atoms with van der Waals surface area (Å²) >= 11 is 0. The van der Waals surface area contributed by atoms with Gasteiger partial charge in [-0.2, -0.15) is 10.1 Å². The summed E-state index contributed by atoms with van der Waals surface area (Å²) in [7, 11) is 1.99. The van der Waals surface area contributed by atoms with Gasteiger partial charge in [-0.25, -0.2) is 0 Å². The number of hydrogen-bond donors (Lipinski definition) is 1. The van der Waals surface area contributed by atoms with E-state index in [4.69, 9.17) is 9.26 Å². The van der Waals surface area contributed by atoms with E-state index in [1.165, 1.54) is 24.1 Å². The first-order chi connectivity index (χ1) is 12.0. The van der Waals surface area contributed by atoms with E-state index in [0.29, 0.717) is 17.7 Å². The fourth-order valence-corrected chi connectivity index (χ4v) is 3.71. The molecular weight excluding hydrogens is 318 g/mol. The van der Waals surface area contributed by atoms with E-state index in [0.717, 1.165) is 31.1 Å². The molecule has 25 heavy (non-hydrogen) atoms. The summed E-state index contributed by atoms with van der Waals surface area (Å²) in [6, 6.07) is 0.0531. The smallest absolute Gasteiger partial charge is 0.243 e. The molecule has 1 N–H and O–H groups in total. The molecule has 2 aromatic rings. The van der Waals surface area contributed by atoms with Crippen molar-refractivity contribution in [3.8, 4) is 0 Å². The number of ether oxygens (including phenoxy) is 1. The standard InChI is InChI=1S/C18H27N5O2/c1-10-15(12(3)23(4)21-10)16-14(7-8-24-16)9-19-11(2)18-20-17(22-25-18)13-5-6-13/h11,13-14,16,19H,5-9H2,1-4H3. The number of hydrogen-bond acceptors (Lipinski definition) is 6. The highest BCUT2D eigenvalue weighted by atomic mass is 16.5. The van der Waals surface area contributed by atoms with Crippen molar-refractivity contribution in [1.82, 2.24) is 25.2 Å². The molecule has 0 spiro atoms. The molecule has 4 rings (SSSR count). The van der Waals surface area contributed by atoms with Gasteiger partial charge in [0, 0.05) is 43.3 Å². The second-order valence-electron chi connectivity index (χ2n) is 7.44. The minimum Gasteiger partial charge on any atom is -0.373 e. The summed E-state index contributed by atoms with van der Waals surface area (Å²) in [5.74, 6) is 2.50. The Hall–Kier alpha value is -1.73. The van der Waals surface area contributed by atoms with Crippen molar-refractivity contribution in [1.29, 1.82) is 0 Å². The van der Waals surface area contributed by atoms with Gasteiger partial charge in [-0.15, -0.1) is 0 Å². The van der Waals surface area contributed by atoms with Crippen LogP contribution in [0.5, 0.6) is 0 Å². The minimum absolute atomic E-state index is 0.0531. The molecule has 0 bridgehead atoms. The van der Waals surface area contributed by atoms with Crippen molar-refractivity contribution >= 4 is 0 Å². The lowest BCUT2D eigenvalue weighted by molar-refractivity contribution is 0.0885.